The lowest BCUT2D eigenvalue weighted by Crippen LogP contribution is -2.35. The first-order chi connectivity index (χ1) is 16.6. The van der Waals surface area contributed by atoms with Crippen LogP contribution in [0.25, 0.3) is 38.1 Å². The summed E-state index contributed by atoms with van der Waals surface area (Å²) in [6.45, 7) is 2.09. The minimum absolute atomic E-state index is 0.0760. The number of pyridine rings is 3. The number of carbonyl (C=O) groups is 1. The number of nitrogens with zero attached hydrogens (tertiary/aromatic N) is 3. The minimum Gasteiger partial charge on any atom is -0.481 e. The molecule has 0 unspecified atom stereocenters. The molecule has 2 aromatic carbocycles. The van der Waals surface area contributed by atoms with E-state index in [1.54, 1.807) is 36.0 Å². The Hall–Kier alpha value is -4.52. The van der Waals surface area contributed by atoms with E-state index in [1.165, 1.54) is 0 Å². The van der Waals surface area contributed by atoms with Crippen LogP contribution in [0.1, 0.15) is 12.5 Å². The van der Waals surface area contributed by atoms with Gasteiger partial charge in [-0.1, -0.05) is 24.3 Å². The van der Waals surface area contributed by atoms with Crippen LogP contribution in [-0.4, -0.2) is 26.4 Å². The van der Waals surface area contributed by atoms with Gasteiger partial charge in [0, 0.05) is 46.7 Å². The van der Waals surface area contributed by atoms with Crippen molar-refractivity contribution in [3.63, 3.8) is 0 Å². The fourth-order valence-corrected chi connectivity index (χ4v) is 4.52. The van der Waals surface area contributed by atoms with Gasteiger partial charge >= 0.3 is 0 Å². The van der Waals surface area contributed by atoms with Gasteiger partial charge < -0.3 is 10.1 Å². The SMILES string of the molecule is C[C@@H](Oc1ccc2c(c1)c1ccnc3c4ccccc4c(=O)n2c13)C(=O)NCc1cccnc1. The molecule has 0 aliphatic rings. The molecule has 0 radical (unpaired) electrons. The predicted octanol–water partition coefficient (Wildman–Crippen LogP) is 4.07. The highest BCUT2D eigenvalue weighted by molar-refractivity contribution is 6.18. The zero-order chi connectivity index (χ0) is 23.2. The molecule has 0 fully saturated rings. The van der Waals surface area contributed by atoms with Gasteiger partial charge in [0.2, 0.25) is 0 Å². The summed E-state index contributed by atoms with van der Waals surface area (Å²) in [7, 11) is 0. The van der Waals surface area contributed by atoms with E-state index in [2.05, 4.69) is 15.3 Å². The Balaban J connectivity index is 1.38. The van der Waals surface area contributed by atoms with Crippen molar-refractivity contribution in [3.8, 4) is 5.75 Å². The van der Waals surface area contributed by atoms with Crippen LogP contribution in [0.4, 0.5) is 0 Å². The van der Waals surface area contributed by atoms with Crippen LogP contribution in [0.3, 0.4) is 0 Å². The third-order valence-electron chi connectivity index (χ3n) is 6.13. The summed E-state index contributed by atoms with van der Waals surface area (Å²) in [5, 5.41) is 6.13. The average molecular weight is 448 g/mol. The van der Waals surface area contributed by atoms with Crippen LogP contribution in [-0.2, 0) is 11.3 Å². The molecular weight excluding hydrogens is 428 g/mol. The molecule has 0 aliphatic heterocycles. The quantitative estimate of drug-likeness (QED) is 0.402. The predicted molar refractivity (Wildman–Crippen MR) is 131 cm³/mol. The second-order valence-corrected chi connectivity index (χ2v) is 8.26. The van der Waals surface area contributed by atoms with Gasteiger partial charge in [-0.05, 0) is 48.9 Å². The Labute approximate surface area is 194 Å². The number of fused-ring (bicyclic) bond motifs is 5. The van der Waals surface area contributed by atoms with Crippen molar-refractivity contribution in [3.05, 3.63) is 95.2 Å². The van der Waals surface area contributed by atoms with Crippen molar-refractivity contribution >= 4 is 44.0 Å². The molecule has 1 N–H and O–H groups in total. The standard InChI is InChI=1S/C27H20N4O3/c1-16(26(32)30-15-17-5-4-11-28-14-17)34-18-8-9-23-22(13-18)20-10-12-29-24-19-6-2-3-7-21(19)27(33)31(23)25(20)24/h2-14,16H,15H2,1H3,(H,30,32)/t16-/m1/s1. The van der Waals surface area contributed by atoms with Crippen molar-refractivity contribution < 1.29 is 9.53 Å². The summed E-state index contributed by atoms with van der Waals surface area (Å²) < 4.78 is 7.69. The third-order valence-corrected chi connectivity index (χ3v) is 6.13. The number of nitrogens with one attached hydrogen (secondary N) is 1. The van der Waals surface area contributed by atoms with Crippen LogP contribution in [0.15, 0.2) is 84.0 Å². The van der Waals surface area contributed by atoms with Gasteiger partial charge in [0.05, 0.1) is 16.6 Å². The molecule has 166 valence electrons. The van der Waals surface area contributed by atoms with Crippen LogP contribution in [0.2, 0.25) is 0 Å². The Kier molecular flexibility index (Phi) is 4.62. The molecule has 6 rings (SSSR count). The van der Waals surface area contributed by atoms with Gasteiger partial charge in [0.1, 0.15) is 5.75 Å². The number of hydrogen-bond acceptors (Lipinski definition) is 5. The topological polar surface area (TPSA) is 85.6 Å². The summed E-state index contributed by atoms with van der Waals surface area (Å²) >= 11 is 0. The fraction of sp³-hybridized carbons (Fsp3) is 0.111. The van der Waals surface area contributed by atoms with Crippen molar-refractivity contribution in [1.82, 2.24) is 19.7 Å². The van der Waals surface area contributed by atoms with E-state index in [4.69, 9.17) is 4.74 Å². The van der Waals surface area contributed by atoms with Crippen molar-refractivity contribution in [1.29, 1.82) is 0 Å². The third kappa shape index (κ3) is 3.13. The van der Waals surface area contributed by atoms with Gasteiger partial charge in [-0.25, -0.2) is 0 Å². The van der Waals surface area contributed by atoms with Gasteiger partial charge in [-0.2, -0.15) is 0 Å². The first-order valence-electron chi connectivity index (χ1n) is 11.0. The molecule has 0 saturated carbocycles. The highest BCUT2D eigenvalue weighted by atomic mass is 16.5. The van der Waals surface area contributed by atoms with Gasteiger partial charge in [0.15, 0.2) is 6.10 Å². The Morgan fingerprint density at radius 3 is 2.68 bits per heavy atom. The van der Waals surface area contributed by atoms with Crippen molar-refractivity contribution in [2.24, 2.45) is 0 Å². The molecule has 0 spiro atoms. The molecule has 6 aromatic rings. The number of ether oxygens (including phenoxy) is 1. The highest BCUT2D eigenvalue weighted by Crippen LogP contribution is 2.34. The second kappa shape index (κ2) is 7.81. The van der Waals surface area contributed by atoms with Crippen LogP contribution >= 0.6 is 0 Å². The van der Waals surface area contributed by atoms with Gasteiger partial charge in [-0.3, -0.25) is 24.0 Å². The van der Waals surface area contributed by atoms with Gasteiger partial charge in [-0.15, -0.1) is 0 Å². The van der Waals surface area contributed by atoms with Crippen LogP contribution in [0.5, 0.6) is 5.75 Å². The molecule has 0 saturated heterocycles. The first kappa shape index (κ1) is 20.1. The van der Waals surface area contributed by atoms with Crippen molar-refractivity contribution in [2.75, 3.05) is 0 Å². The molecule has 1 amide bonds. The number of rotatable bonds is 5. The maximum absolute atomic E-state index is 13.4. The molecule has 1 atom stereocenters. The Morgan fingerprint density at radius 2 is 1.85 bits per heavy atom. The summed E-state index contributed by atoms with van der Waals surface area (Å²) in [6.07, 6.45) is 4.47. The normalized spacial score (nSPS) is 12.5. The lowest BCUT2D eigenvalue weighted by Gasteiger charge is -2.15. The molecule has 7 heteroatoms. The van der Waals surface area contributed by atoms with E-state index in [9.17, 15) is 9.59 Å². The lowest BCUT2D eigenvalue weighted by molar-refractivity contribution is -0.127. The molecule has 34 heavy (non-hydrogen) atoms. The molecule has 4 heterocycles. The number of aromatic nitrogens is 3. The summed E-state index contributed by atoms with van der Waals surface area (Å²) in [6, 6.07) is 18.7. The van der Waals surface area contributed by atoms with Crippen LogP contribution in [0, 0.1) is 0 Å². The number of carbonyl (C=O) groups excluding carboxylic acids is 1. The zero-order valence-electron chi connectivity index (χ0n) is 18.4. The van der Waals surface area contributed by atoms with E-state index in [0.717, 1.165) is 38.3 Å². The largest absolute Gasteiger partial charge is 0.481 e. The molecule has 0 aliphatic carbocycles. The zero-order valence-corrected chi connectivity index (χ0v) is 18.4. The molecular formula is C27H20N4O3. The summed E-state index contributed by atoms with van der Waals surface area (Å²) in [4.78, 5) is 34.6. The van der Waals surface area contributed by atoms with E-state index >= 15 is 0 Å². The second-order valence-electron chi connectivity index (χ2n) is 8.26. The average Bonchev–Trinajstić information content (AvgIpc) is 3.21. The Bertz CT molecular complexity index is 1740. The smallest absolute Gasteiger partial charge is 0.263 e. The fourth-order valence-electron chi connectivity index (χ4n) is 4.52. The van der Waals surface area contributed by atoms with E-state index in [1.807, 2.05) is 54.6 Å². The summed E-state index contributed by atoms with van der Waals surface area (Å²) in [5.74, 6) is 0.333. The molecule has 4 aromatic heterocycles. The maximum atomic E-state index is 13.4. The highest BCUT2D eigenvalue weighted by Gasteiger charge is 2.19. The summed E-state index contributed by atoms with van der Waals surface area (Å²) in [5.41, 5.74) is 3.20. The van der Waals surface area contributed by atoms with Crippen LogP contribution < -0.4 is 15.6 Å². The van der Waals surface area contributed by atoms with Crippen molar-refractivity contribution in [2.45, 2.75) is 19.6 Å². The number of benzene rings is 2. The van der Waals surface area contributed by atoms with E-state index in [-0.39, 0.29) is 11.5 Å². The Morgan fingerprint density at radius 1 is 1.00 bits per heavy atom. The maximum Gasteiger partial charge on any atom is 0.263 e. The minimum atomic E-state index is -0.693. The van der Waals surface area contributed by atoms with E-state index < -0.39 is 6.10 Å². The molecule has 7 nitrogen and oxygen atoms in total. The van der Waals surface area contributed by atoms with Gasteiger partial charge in [0.25, 0.3) is 11.5 Å². The first-order valence-corrected chi connectivity index (χ1v) is 11.0. The lowest BCUT2D eigenvalue weighted by atomic mass is 10.1. The number of amides is 1. The monoisotopic (exact) mass is 448 g/mol. The van der Waals surface area contributed by atoms with E-state index in [0.29, 0.717) is 17.7 Å². The molecule has 0 bridgehead atoms. The number of hydrogen-bond donors (Lipinski definition) is 1.